The number of hydrogen-bond acceptors (Lipinski definition) is 2. The van der Waals surface area contributed by atoms with Gasteiger partial charge in [-0.3, -0.25) is 4.79 Å². The number of halogens is 2. The van der Waals surface area contributed by atoms with E-state index < -0.39 is 5.41 Å². The number of rotatable bonds is 6. The molecule has 0 spiro atoms. The molecule has 0 aliphatic heterocycles. The quantitative estimate of drug-likeness (QED) is 0.363. The normalized spacial score (nSPS) is 11.5. The van der Waals surface area contributed by atoms with Crippen molar-refractivity contribution in [2.24, 2.45) is 16.1 Å². The summed E-state index contributed by atoms with van der Waals surface area (Å²) in [6.07, 6.45) is 0. The molecule has 0 saturated heterocycles. The zero-order valence-corrected chi connectivity index (χ0v) is 16.2. The monoisotopic (exact) mass is 438 g/mol. The van der Waals surface area contributed by atoms with Crippen LogP contribution in [0.1, 0.15) is 26.3 Å². The van der Waals surface area contributed by atoms with E-state index in [1.165, 1.54) is 0 Å². The molecule has 0 atom stereocenters. The molecule has 4 N–H and O–H groups in total. The first-order valence-corrected chi connectivity index (χ1v) is 7.29. The summed E-state index contributed by atoms with van der Waals surface area (Å²) in [7, 11) is 0. The minimum Gasteiger partial charge on any atom is -0.369 e. The van der Waals surface area contributed by atoms with E-state index in [9.17, 15) is 4.79 Å². The maximum Gasteiger partial charge on any atom is 0.224 e. The van der Waals surface area contributed by atoms with Crippen LogP contribution in [0.4, 0.5) is 0 Å². The number of nitrogens with two attached hydrogens (primary N) is 1. The summed E-state index contributed by atoms with van der Waals surface area (Å²) in [5.41, 5.74) is 5.79. The van der Waals surface area contributed by atoms with Crippen molar-refractivity contribution in [2.75, 3.05) is 13.1 Å². The largest absolute Gasteiger partial charge is 0.369 e. The number of amides is 1. The highest BCUT2D eigenvalue weighted by atomic mass is 127. The molecule has 0 fully saturated rings. The van der Waals surface area contributed by atoms with Gasteiger partial charge >= 0.3 is 0 Å². The van der Waals surface area contributed by atoms with E-state index in [2.05, 4.69) is 15.6 Å². The standard InChI is InChI=1S/C15H23ClN4O.HI/c1-4-18-14(20-10-15(2,3)13(17)21)19-9-11-5-7-12(16)8-6-11;/h5-8H,4,9-10H2,1-3H3,(H2,17,21)(H2,18,19,20);1H. The molecule has 0 aliphatic rings. The van der Waals surface area contributed by atoms with Crippen molar-refractivity contribution in [2.45, 2.75) is 27.3 Å². The topological polar surface area (TPSA) is 79.5 Å². The van der Waals surface area contributed by atoms with Crippen molar-refractivity contribution in [3.8, 4) is 0 Å². The third-order valence-corrected chi connectivity index (χ3v) is 3.29. The Morgan fingerprint density at radius 3 is 2.36 bits per heavy atom. The smallest absolute Gasteiger partial charge is 0.224 e. The van der Waals surface area contributed by atoms with Gasteiger partial charge in [0.1, 0.15) is 0 Å². The van der Waals surface area contributed by atoms with Crippen molar-refractivity contribution >= 4 is 47.4 Å². The molecule has 1 amide bonds. The second-order valence-electron chi connectivity index (χ2n) is 5.42. The van der Waals surface area contributed by atoms with E-state index in [1.54, 1.807) is 13.8 Å². The Balaban J connectivity index is 0.00000441. The SMILES string of the molecule is CCNC(=NCc1ccc(Cl)cc1)NCC(C)(C)C(N)=O.I. The van der Waals surface area contributed by atoms with Crippen molar-refractivity contribution in [3.63, 3.8) is 0 Å². The average molecular weight is 439 g/mol. The molecule has 0 heterocycles. The van der Waals surface area contributed by atoms with E-state index in [1.807, 2.05) is 31.2 Å². The van der Waals surface area contributed by atoms with E-state index in [4.69, 9.17) is 17.3 Å². The minimum atomic E-state index is -0.629. The molecule has 0 aliphatic carbocycles. The predicted molar refractivity (Wildman–Crippen MR) is 103 cm³/mol. The second-order valence-corrected chi connectivity index (χ2v) is 5.86. The first-order chi connectivity index (χ1) is 9.85. The number of primary amides is 1. The highest BCUT2D eigenvalue weighted by Crippen LogP contribution is 2.12. The predicted octanol–water partition coefficient (Wildman–Crippen LogP) is 2.52. The zero-order chi connectivity index (χ0) is 15.9. The van der Waals surface area contributed by atoms with Gasteiger partial charge in [0.25, 0.3) is 0 Å². The van der Waals surface area contributed by atoms with Gasteiger partial charge in [0, 0.05) is 18.1 Å². The summed E-state index contributed by atoms with van der Waals surface area (Å²) in [4.78, 5) is 15.8. The molecule has 124 valence electrons. The molecular weight excluding hydrogens is 415 g/mol. The molecule has 0 saturated carbocycles. The van der Waals surface area contributed by atoms with Gasteiger partial charge in [-0.05, 0) is 38.5 Å². The Hall–Kier alpha value is -1.02. The van der Waals surface area contributed by atoms with Gasteiger partial charge in [-0.1, -0.05) is 23.7 Å². The minimum absolute atomic E-state index is 0. The molecular formula is C15H24ClIN4O. The lowest BCUT2D eigenvalue weighted by atomic mass is 9.93. The molecule has 0 aromatic heterocycles. The molecule has 5 nitrogen and oxygen atoms in total. The van der Waals surface area contributed by atoms with Crippen molar-refractivity contribution < 1.29 is 4.79 Å². The third-order valence-electron chi connectivity index (χ3n) is 3.04. The molecule has 1 rings (SSSR count). The molecule has 0 radical (unpaired) electrons. The van der Waals surface area contributed by atoms with Crippen LogP contribution >= 0.6 is 35.6 Å². The Kier molecular flexibility index (Phi) is 9.43. The first kappa shape index (κ1) is 21.0. The maximum atomic E-state index is 11.3. The van der Waals surface area contributed by atoms with Crippen LogP contribution in [0.15, 0.2) is 29.3 Å². The van der Waals surface area contributed by atoms with E-state index in [-0.39, 0.29) is 29.9 Å². The molecule has 22 heavy (non-hydrogen) atoms. The zero-order valence-electron chi connectivity index (χ0n) is 13.1. The Morgan fingerprint density at radius 2 is 1.86 bits per heavy atom. The number of carbonyl (C=O) groups is 1. The van der Waals surface area contributed by atoms with Crippen molar-refractivity contribution in [1.82, 2.24) is 10.6 Å². The summed E-state index contributed by atoms with van der Waals surface area (Å²) in [5.74, 6) is 0.310. The van der Waals surface area contributed by atoms with Gasteiger partial charge in [-0.15, -0.1) is 24.0 Å². The van der Waals surface area contributed by atoms with Crippen LogP contribution in [0.25, 0.3) is 0 Å². The maximum absolute atomic E-state index is 11.3. The summed E-state index contributed by atoms with van der Waals surface area (Å²) in [6.45, 7) is 7.27. The number of nitrogens with zero attached hydrogens (tertiary/aromatic N) is 1. The van der Waals surface area contributed by atoms with E-state index in [0.29, 0.717) is 24.1 Å². The van der Waals surface area contributed by atoms with E-state index >= 15 is 0 Å². The second kappa shape index (κ2) is 9.89. The highest BCUT2D eigenvalue weighted by Gasteiger charge is 2.24. The van der Waals surface area contributed by atoms with Gasteiger partial charge in [0.2, 0.25) is 5.91 Å². The fraction of sp³-hybridized carbons (Fsp3) is 0.467. The summed E-state index contributed by atoms with van der Waals surface area (Å²) in [6, 6.07) is 7.54. The number of hydrogen-bond donors (Lipinski definition) is 3. The lowest BCUT2D eigenvalue weighted by Gasteiger charge is -2.22. The Morgan fingerprint density at radius 1 is 1.27 bits per heavy atom. The van der Waals surface area contributed by atoms with Gasteiger partial charge < -0.3 is 16.4 Å². The van der Waals surface area contributed by atoms with Gasteiger partial charge in [-0.25, -0.2) is 4.99 Å². The molecule has 0 bridgehead atoms. The molecule has 1 aromatic carbocycles. The van der Waals surface area contributed by atoms with E-state index in [0.717, 1.165) is 12.1 Å². The molecule has 1 aromatic rings. The fourth-order valence-electron chi connectivity index (χ4n) is 1.49. The van der Waals surface area contributed by atoms with Crippen LogP contribution in [0.2, 0.25) is 5.02 Å². The number of carbonyl (C=O) groups excluding carboxylic acids is 1. The lowest BCUT2D eigenvalue weighted by molar-refractivity contribution is -0.125. The number of aliphatic imine (C=N–C) groups is 1. The molecule has 0 unspecified atom stereocenters. The van der Waals surface area contributed by atoms with Crippen LogP contribution < -0.4 is 16.4 Å². The van der Waals surface area contributed by atoms with Crippen LogP contribution in [0.5, 0.6) is 0 Å². The van der Waals surface area contributed by atoms with Crippen LogP contribution in [0.3, 0.4) is 0 Å². The van der Waals surface area contributed by atoms with Crippen LogP contribution in [-0.4, -0.2) is 25.0 Å². The van der Waals surface area contributed by atoms with Gasteiger partial charge in [-0.2, -0.15) is 0 Å². The average Bonchev–Trinajstić information content (AvgIpc) is 2.43. The van der Waals surface area contributed by atoms with Gasteiger partial charge in [0.05, 0.1) is 12.0 Å². The summed E-state index contributed by atoms with van der Waals surface area (Å²) < 4.78 is 0. The Bertz CT molecular complexity index is 503. The number of nitrogens with one attached hydrogen (secondary N) is 2. The van der Waals surface area contributed by atoms with Crippen molar-refractivity contribution in [1.29, 1.82) is 0 Å². The first-order valence-electron chi connectivity index (χ1n) is 6.91. The third kappa shape index (κ3) is 7.31. The highest BCUT2D eigenvalue weighted by molar-refractivity contribution is 14.0. The molecule has 7 heteroatoms. The van der Waals surface area contributed by atoms with Crippen LogP contribution in [-0.2, 0) is 11.3 Å². The number of guanidine groups is 1. The summed E-state index contributed by atoms with van der Waals surface area (Å²) in [5, 5.41) is 6.98. The van der Waals surface area contributed by atoms with Crippen molar-refractivity contribution in [3.05, 3.63) is 34.9 Å². The fourth-order valence-corrected chi connectivity index (χ4v) is 1.62. The lowest BCUT2D eigenvalue weighted by Crippen LogP contribution is -2.46. The van der Waals surface area contributed by atoms with Gasteiger partial charge in [0.15, 0.2) is 5.96 Å². The number of benzene rings is 1. The van der Waals surface area contributed by atoms with Crippen LogP contribution in [0, 0.1) is 5.41 Å². The Labute approximate surface area is 154 Å². The summed E-state index contributed by atoms with van der Waals surface area (Å²) >= 11 is 5.85.